The summed E-state index contributed by atoms with van der Waals surface area (Å²) in [5, 5.41) is 5.23. The summed E-state index contributed by atoms with van der Waals surface area (Å²) in [6, 6.07) is 29.6. The van der Waals surface area contributed by atoms with Gasteiger partial charge in [-0.1, -0.05) is 60.7 Å². The van der Waals surface area contributed by atoms with E-state index in [1.165, 1.54) is 40.3 Å². The van der Waals surface area contributed by atoms with Crippen LogP contribution in [0.15, 0.2) is 84.9 Å². The van der Waals surface area contributed by atoms with Gasteiger partial charge >= 0.3 is 0 Å². The Morgan fingerprint density at radius 1 is 0.485 bits per heavy atom. The highest BCUT2D eigenvalue weighted by molar-refractivity contribution is 7.26. The van der Waals surface area contributed by atoms with Crippen LogP contribution in [0.25, 0.3) is 63.1 Å². The van der Waals surface area contributed by atoms with Gasteiger partial charge in [0.2, 0.25) is 5.28 Å². The molecule has 3 nitrogen and oxygen atoms in total. The summed E-state index contributed by atoms with van der Waals surface area (Å²) in [6.45, 7) is 0. The second-order valence-corrected chi connectivity index (χ2v) is 10.4. The highest BCUT2D eigenvalue weighted by atomic mass is 35.5. The molecule has 0 aliphatic carbocycles. The third kappa shape index (κ3) is 3.12. The van der Waals surface area contributed by atoms with Crippen molar-refractivity contribution >= 4 is 74.6 Å². The molecule has 0 N–H and O–H groups in total. The van der Waals surface area contributed by atoms with Gasteiger partial charge in [0.25, 0.3) is 0 Å². The lowest BCUT2D eigenvalue weighted by Crippen LogP contribution is -1.97. The zero-order valence-corrected chi connectivity index (χ0v) is 19.5. The first-order valence-corrected chi connectivity index (χ1v) is 12.5. The topological polar surface area (TPSA) is 38.7 Å². The number of rotatable bonds is 2. The van der Waals surface area contributed by atoms with E-state index in [-0.39, 0.29) is 5.28 Å². The fourth-order valence-corrected chi connectivity index (χ4v) is 6.79. The van der Waals surface area contributed by atoms with Crippen LogP contribution in [-0.4, -0.2) is 15.0 Å². The normalized spacial score (nSPS) is 11.8. The third-order valence-electron chi connectivity index (χ3n) is 5.88. The molecule has 0 aliphatic heterocycles. The summed E-state index contributed by atoms with van der Waals surface area (Å²) < 4.78 is 4.96. The van der Waals surface area contributed by atoms with Crippen LogP contribution < -0.4 is 0 Å². The van der Waals surface area contributed by atoms with E-state index in [0.717, 1.165) is 11.1 Å². The highest BCUT2D eigenvalue weighted by Crippen LogP contribution is 2.37. The summed E-state index contributed by atoms with van der Waals surface area (Å²) in [4.78, 5) is 13.7. The number of hydrogen-bond acceptors (Lipinski definition) is 5. The molecule has 0 spiro atoms. The summed E-state index contributed by atoms with van der Waals surface area (Å²) in [7, 11) is 0. The molecule has 0 amide bonds. The first-order valence-electron chi connectivity index (χ1n) is 10.5. The van der Waals surface area contributed by atoms with E-state index in [0.29, 0.717) is 11.6 Å². The number of benzene rings is 4. The van der Waals surface area contributed by atoms with Crippen molar-refractivity contribution in [1.29, 1.82) is 0 Å². The van der Waals surface area contributed by atoms with E-state index in [1.54, 1.807) is 22.7 Å². The van der Waals surface area contributed by atoms with Crippen LogP contribution in [0.1, 0.15) is 0 Å². The van der Waals surface area contributed by atoms with E-state index in [4.69, 9.17) is 16.6 Å². The minimum atomic E-state index is 0.197. The number of thiophene rings is 2. The van der Waals surface area contributed by atoms with Gasteiger partial charge in [0.1, 0.15) is 0 Å². The second kappa shape index (κ2) is 7.32. The molecule has 3 aromatic heterocycles. The van der Waals surface area contributed by atoms with Gasteiger partial charge in [-0.05, 0) is 35.9 Å². The molecular weight excluding hydrogens is 466 g/mol. The lowest BCUT2D eigenvalue weighted by molar-refractivity contribution is 1.07. The standard InChI is InChI=1S/C27H14ClN3S2/c28-27-30-25(15-9-11-19-17-5-1-3-7-21(17)32-23(19)13-15)29-26(31-27)16-10-12-20-18-6-2-4-8-22(18)33-24(20)14-16/h1-14H. The molecule has 0 fully saturated rings. The predicted octanol–water partition coefficient (Wildman–Crippen LogP) is 8.59. The first kappa shape index (κ1) is 19.1. The molecule has 4 aromatic carbocycles. The van der Waals surface area contributed by atoms with Crippen molar-refractivity contribution in [3.8, 4) is 22.8 Å². The number of aromatic nitrogens is 3. The van der Waals surface area contributed by atoms with Gasteiger partial charge in [0.05, 0.1) is 0 Å². The Bertz CT molecular complexity index is 1720. The molecule has 0 atom stereocenters. The average Bonchev–Trinajstić information content (AvgIpc) is 3.40. The van der Waals surface area contributed by atoms with Gasteiger partial charge in [0.15, 0.2) is 11.6 Å². The number of hydrogen-bond donors (Lipinski definition) is 0. The Hall–Kier alpha value is -3.38. The van der Waals surface area contributed by atoms with Gasteiger partial charge in [-0.2, -0.15) is 9.97 Å². The van der Waals surface area contributed by atoms with Crippen molar-refractivity contribution < 1.29 is 0 Å². The second-order valence-electron chi connectivity index (χ2n) is 7.87. The molecule has 33 heavy (non-hydrogen) atoms. The van der Waals surface area contributed by atoms with Crippen molar-refractivity contribution in [2.24, 2.45) is 0 Å². The SMILES string of the molecule is Clc1nc(-c2ccc3c(c2)sc2ccccc23)nc(-c2ccc3c(c2)sc2ccccc23)n1. The van der Waals surface area contributed by atoms with Crippen molar-refractivity contribution in [2.45, 2.75) is 0 Å². The summed E-state index contributed by atoms with van der Waals surface area (Å²) in [5.74, 6) is 1.17. The van der Waals surface area contributed by atoms with Gasteiger partial charge in [-0.25, -0.2) is 4.98 Å². The van der Waals surface area contributed by atoms with Crippen LogP contribution in [0, 0.1) is 0 Å². The van der Waals surface area contributed by atoms with E-state index in [2.05, 4.69) is 94.9 Å². The van der Waals surface area contributed by atoms with E-state index < -0.39 is 0 Å². The molecule has 3 heterocycles. The largest absolute Gasteiger partial charge is 0.226 e. The van der Waals surface area contributed by atoms with Crippen LogP contribution in [0.4, 0.5) is 0 Å². The highest BCUT2D eigenvalue weighted by Gasteiger charge is 2.13. The molecule has 0 unspecified atom stereocenters. The average molecular weight is 480 g/mol. The molecule has 156 valence electrons. The molecule has 0 saturated heterocycles. The van der Waals surface area contributed by atoms with Gasteiger partial charge in [0, 0.05) is 51.5 Å². The van der Waals surface area contributed by atoms with Crippen molar-refractivity contribution in [1.82, 2.24) is 15.0 Å². The van der Waals surface area contributed by atoms with Gasteiger partial charge in [-0.15, -0.1) is 22.7 Å². The lowest BCUT2D eigenvalue weighted by Gasteiger charge is -2.05. The van der Waals surface area contributed by atoms with Crippen LogP contribution in [0.2, 0.25) is 5.28 Å². The number of nitrogens with zero attached hydrogens (tertiary/aromatic N) is 3. The van der Waals surface area contributed by atoms with Crippen LogP contribution in [-0.2, 0) is 0 Å². The molecular formula is C27H14ClN3S2. The summed E-state index contributed by atoms with van der Waals surface area (Å²) in [6.07, 6.45) is 0. The van der Waals surface area contributed by atoms with Gasteiger partial charge < -0.3 is 0 Å². The summed E-state index contributed by atoms with van der Waals surface area (Å²) in [5.41, 5.74) is 1.87. The molecule has 0 saturated carbocycles. The fourth-order valence-electron chi connectivity index (χ4n) is 4.34. The predicted molar refractivity (Wildman–Crippen MR) is 141 cm³/mol. The van der Waals surface area contributed by atoms with Crippen molar-refractivity contribution in [2.75, 3.05) is 0 Å². The monoisotopic (exact) mass is 479 g/mol. The van der Waals surface area contributed by atoms with Crippen LogP contribution in [0.3, 0.4) is 0 Å². The van der Waals surface area contributed by atoms with E-state index in [1.807, 2.05) is 0 Å². The molecule has 0 aliphatic rings. The van der Waals surface area contributed by atoms with Crippen molar-refractivity contribution in [3.63, 3.8) is 0 Å². The maximum absolute atomic E-state index is 6.36. The Morgan fingerprint density at radius 2 is 0.939 bits per heavy atom. The Balaban J connectivity index is 1.36. The molecule has 6 heteroatoms. The molecule has 7 rings (SSSR count). The van der Waals surface area contributed by atoms with Crippen molar-refractivity contribution in [3.05, 3.63) is 90.2 Å². The van der Waals surface area contributed by atoms with Crippen LogP contribution >= 0.6 is 34.3 Å². The molecule has 0 radical (unpaired) electrons. The Labute approximate surface area is 202 Å². The number of fused-ring (bicyclic) bond motifs is 6. The van der Waals surface area contributed by atoms with E-state index >= 15 is 0 Å². The van der Waals surface area contributed by atoms with Crippen LogP contribution in [0.5, 0.6) is 0 Å². The zero-order chi connectivity index (χ0) is 21.9. The minimum absolute atomic E-state index is 0.197. The Kier molecular flexibility index (Phi) is 4.24. The van der Waals surface area contributed by atoms with E-state index in [9.17, 15) is 0 Å². The molecule has 7 aromatic rings. The Morgan fingerprint density at radius 3 is 1.45 bits per heavy atom. The lowest BCUT2D eigenvalue weighted by atomic mass is 10.1. The fraction of sp³-hybridized carbons (Fsp3) is 0. The minimum Gasteiger partial charge on any atom is -0.208 e. The maximum Gasteiger partial charge on any atom is 0.226 e. The molecule has 0 bridgehead atoms. The smallest absolute Gasteiger partial charge is 0.208 e. The third-order valence-corrected chi connectivity index (χ3v) is 8.32. The quantitative estimate of drug-likeness (QED) is 0.249. The number of halogens is 1. The first-order chi connectivity index (χ1) is 16.2. The summed E-state index contributed by atoms with van der Waals surface area (Å²) >= 11 is 9.91. The van der Waals surface area contributed by atoms with Gasteiger partial charge in [-0.3, -0.25) is 0 Å². The zero-order valence-electron chi connectivity index (χ0n) is 17.1. The maximum atomic E-state index is 6.36.